The minimum Gasteiger partial charge on any atom is -0.334 e. The quantitative estimate of drug-likeness (QED) is 0.468. The van der Waals surface area contributed by atoms with Crippen LogP contribution in [0.5, 0.6) is 0 Å². The number of hydrogen-bond acceptors (Lipinski definition) is 4. The Bertz CT molecular complexity index is 345. The zero-order chi connectivity index (χ0) is 16.8. The zero-order valence-corrected chi connectivity index (χ0v) is 16.0. The lowest BCUT2D eigenvalue weighted by Gasteiger charge is -2.50. The van der Waals surface area contributed by atoms with Crippen LogP contribution >= 0.6 is 7.41 Å². The number of rotatable bonds is 9. The Hall–Kier alpha value is -0.330. The molecule has 0 aliphatic rings. The van der Waals surface area contributed by atoms with Gasteiger partial charge in [-0.2, -0.15) is 5.26 Å². The molecule has 0 saturated carbocycles. The fraction of sp³-hybridized carbons (Fsp3) is 0.875. The summed E-state index contributed by atoms with van der Waals surface area (Å²) in [6, 6.07) is 3.54. The van der Waals surface area contributed by atoms with Gasteiger partial charge in [0, 0.05) is 24.2 Å². The normalized spacial score (nSPS) is 13.2. The van der Waals surface area contributed by atoms with Gasteiger partial charge < -0.3 is 4.52 Å². The molecule has 4 nitrogen and oxygen atoms in total. The summed E-state index contributed by atoms with van der Waals surface area (Å²) >= 11 is 0. The maximum absolute atomic E-state index is 8.81. The number of nitrogens with zero attached hydrogens (tertiary/aromatic N) is 3. The molecule has 0 heterocycles. The largest absolute Gasteiger partial charge is 0.334 e. The highest BCUT2D eigenvalue weighted by Crippen LogP contribution is 2.58. The summed E-state index contributed by atoms with van der Waals surface area (Å²) in [5, 5.41) is 8.81. The van der Waals surface area contributed by atoms with Gasteiger partial charge in [0.2, 0.25) is 0 Å². The summed E-state index contributed by atoms with van der Waals surface area (Å²) in [7, 11) is -2.18. The molecule has 0 bridgehead atoms. The molecule has 0 unspecified atom stereocenters. The second-order valence-corrected chi connectivity index (χ2v) is 9.05. The predicted molar refractivity (Wildman–Crippen MR) is 94.4 cm³/mol. The maximum atomic E-state index is 8.81. The lowest BCUT2D eigenvalue weighted by atomic mass is 10.3. The SMILES string of the molecule is C=P(OCCC#N)(N(C(C)C)C(C)C)N(C(C)C)C(C)C. The highest BCUT2D eigenvalue weighted by molar-refractivity contribution is 7.64. The molecule has 0 aliphatic heterocycles. The van der Waals surface area contributed by atoms with Crippen molar-refractivity contribution in [2.75, 3.05) is 6.61 Å². The van der Waals surface area contributed by atoms with Gasteiger partial charge in [-0.15, -0.1) is 0 Å². The molecule has 0 amide bonds. The lowest BCUT2D eigenvalue weighted by Crippen LogP contribution is -2.45. The lowest BCUT2D eigenvalue weighted by molar-refractivity contribution is 0.185. The summed E-state index contributed by atoms with van der Waals surface area (Å²) in [5.41, 5.74) is 0. The molecule has 0 aromatic carbocycles. The molecule has 5 heteroatoms. The third kappa shape index (κ3) is 5.42. The smallest absolute Gasteiger partial charge is 0.131 e. The van der Waals surface area contributed by atoms with E-state index in [4.69, 9.17) is 9.79 Å². The van der Waals surface area contributed by atoms with Gasteiger partial charge in [0.15, 0.2) is 0 Å². The van der Waals surface area contributed by atoms with Crippen molar-refractivity contribution in [3.63, 3.8) is 0 Å². The van der Waals surface area contributed by atoms with Crippen molar-refractivity contribution in [3.05, 3.63) is 0 Å². The van der Waals surface area contributed by atoms with E-state index in [0.29, 0.717) is 37.2 Å². The van der Waals surface area contributed by atoms with Gasteiger partial charge in [-0.25, -0.2) is 9.34 Å². The number of hydrogen-bond donors (Lipinski definition) is 0. The highest BCUT2D eigenvalue weighted by Gasteiger charge is 2.37. The van der Waals surface area contributed by atoms with E-state index in [9.17, 15) is 0 Å². The van der Waals surface area contributed by atoms with Gasteiger partial charge in [-0.3, -0.25) is 0 Å². The molecule has 0 N–H and O–H groups in total. The van der Waals surface area contributed by atoms with E-state index in [1.54, 1.807) is 0 Å². The molecule has 0 aromatic rings. The second-order valence-electron chi connectivity index (χ2n) is 6.54. The molecule has 21 heavy (non-hydrogen) atoms. The van der Waals surface area contributed by atoms with E-state index in [0.717, 1.165) is 0 Å². The Morgan fingerprint density at radius 2 is 1.24 bits per heavy atom. The number of nitriles is 1. The molecule has 0 aromatic heterocycles. The Kier molecular flexibility index (Phi) is 8.81. The van der Waals surface area contributed by atoms with Crippen LogP contribution in [0.4, 0.5) is 0 Å². The van der Waals surface area contributed by atoms with Crippen LogP contribution in [0.25, 0.3) is 0 Å². The topological polar surface area (TPSA) is 39.5 Å². The van der Waals surface area contributed by atoms with Crippen LogP contribution in [0.3, 0.4) is 0 Å². The van der Waals surface area contributed by atoms with Gasteiger partial charge >= 0.3 is 0 Å². The summed E-state index contributed by atoms with van der Waals surface area (Å²) in [6.45, 7) is 17.9. The van der Waals surface area contributed by atoms with Crippen LogP contribution in [-0.2, 0) is 4.52 Å². The van der Waals surface area contributed by atoms with Crippen molar-refractivity contribution in [2.24, 2.45) is 0 Å². The third-order valence-electron chi connectivity index (χ3n) is 3.35. The van der Waals surface area contributed by atoms with Crippen molar-refractivity contribution in [2.45, 2.75) is 86.0 Å². The maximum Gasteiger partial charge on any atom is 0.131 e. The van der Waals surface area contributed by atoms with Crippen LogP contribution in [-0.4, -0.2) is 46.4 Å². The first-order valence-corrected chi connectivity index (χ1v) is 9.71. The third-order valence-corrected chi connectivity index (χ3v) is 7.24. The van der Waals surface area contributed by atoms with Crippen LogP contribution in [0, 0.1) is 11.3 Å². The first-order chi connectivity index (χ1) is 9.59. The minimum atomic E-state index is -2.18. The van der Waals surface area contributed by atoms with Crippen LogP contribution in [0.2, 0.25) is 0 Å². The monoisotopic (exact) mass is 315 g/mol. The Labute approximate surface area is 132 Å². The molecule has 0 rings (SSSR count). The van der Waals surface area contributed by atoms with Crippen LogP contribution in [0.1, 0.15) is 61.8 Å². The van der Waals surface area contributed by atoms with Gasteiger partial charge in [-0.05, 0) is 61.7 Å². The van der Waals surface area contributed by atoms with Gasteiger partial charge in [0.25, 0.3) is 0 Å². The molecule has 0 atom stereocenters. The van der Waals surface area contributed by atoms with Crippen molar-refractivity contribution < 1.29 is 4.52 Å². The standard InChI is InChI=1S/C16H34N3OP/c1-13(2)18(14(3)4)21(9,20-12-10-11-17)19(15(5)6)16(7)8/h13-16H,9-10,12H2,1-8H3. The Morgan fingerprint density at radius 3 is 1.48 bits per heavy atom. The van der Waals surface area contributed by atoms with E-state index in [-0.39, 0.29) is 0 Å². The van der Waals surface area contributed by atoms with E-state index < -0.39 is 7.41 Å². The summed E-state index contributed by atoms with van der Waals surface area (Å²) in [6.07, 6.45) is 4.97. The molecule has 0 spiro atoms. The second kappa shape index (κ2) is 8.96. The molecular weight excluding hydrogens is 281 g/mol. The molecule has 124 valence electrons. The van der Waals surface area contributed by atoms with Crippen LogP contribution < -0.4 is 0 Å². The average Bonchev–Trinajstić information content (AvgIpc) is 2.26. The molecular formula is C16H34N3OP. The molecule has 0 radical (unpaired) electrons. The fourth-order valence-corrected chi connectivity index (χ4v) is 6.90. The summed E-state index contributed by atoms with van der Waals surface area (Å²) in [5.74, 6) is 0. The summed E-state index contributed by atoms with van der Waals surface area (Å²) < 4.78 is 11.1. The first kappa shape index (κ1) is 20.7. The van der Waals surface area contributed by atoms with E-state index in [1.807, 2.05) is 0 Å². The zero-order valence-electron chi connectivity index (χ0n) is 15.1. The van der Waals surface area contributed by atoms with Gasteiger partial charge in [0.1, 0.15) is 7.41 Å². The van der Waals surface area contributed by atoms with Gasteiger partial charge in [-0.1, -0.05) is 0 Å². The Balaban J connectivity index is 5.74. The molecule has 0 saturated heterocycles. The van der Waals surface area contributed by atoms with Crippen molar-refractivity contribution in [3.8, 4) is 6.07 Å². The molecule has 0 fully saturated rings. The summed E-state index contributed by atoms with van der Waals surface area (Å²) in [4.78, 5) is 0. The Morgan fingerprint density at radius 1 is 0.905 bits per heavy atom. The molecule has 0 aliphatic carbocycles. The van der Waals surface area contributed by atoms with Gasteiger partial charge in [0.05, 0.1) is 19.1 Å². The minimum absolute atomic E-state index is 0.345. The van der Waals surface area contributed by atoms with Crippen molar-refractivity contribution in [1.29, 1.82) is 5.26 Å². The highest BCUT2D eigenvalue weighted by atomic mass is 31.2. The first-order valence-electron chi connectivity index (χ1n) is 7.92. The van der Waals surface area contributed by atoms with E-state index in [1.165, 1.54) is 0 Å². The van der Waals surface area contributed by atoms with E-state index >= 15 is 0 Å². The fourth-order valence-electron chi connectivity index (χ4n) is 3.13. The van der Waals surface area contributed by atoms with Crippen molar-refractivity contribution >= 4 is 13.7 Å². The average molecular weight is 315 g/mol. The van der Waals surface area contributed by atoms with Crippen molar-refractivity contribution in [1.82, 2.24) is 9.34 Å². The predicted octanol–water partition coefficient (Wildman–Crippen LogP) is 4.35. The van der Waals surface area contributed by atoms with Crippen LogP contribution in [0.15, 0.2) is 0 Å². The van der Waals surface area contributed by atoms with E-state index in [2.05, 4.69) is 77.1 Å².